The lowest BCUT2D eigenvalue weighted by atomic mass is 9.99. The van der Waals surface area contributed by atoms with Crippen LogP contribution in [0.15, 0.2) is 29.2 Å². The van der Waals surface area contributed by atoms with Crippen molar-refractivity contribution in [3.8, 4) is 0 Å². The van der Waals surface area contributed by atoms with Gasteiger partial charge < -0.3 is 10.6 Å². The average molecular weight is 481 g/mol. The Morgan fingerprint density at radius 3 is 2.62 bits per heavy atom. The molecule has 132 valence electrons. The molecule has 2 saturated heterocycles. The highest BCUT2D eigenvalue weighted by molar-refractivity contribution is 14.1. The Bertz CT molecular complexity index is 705. The van der Waals surface area contributed by atoms with Crippen molar-refractivity contribution in [1.82, 2.24) is 9.21 Å². The fourth-order valence-corrected chi connectivity index (χ4v) is 5.85. The van der Waals surface area contributed by atoms with Crippen molar-refractivity contribution in [3.63, 3.8) is 0 Å². The number of amides is 1. The SMILES string of the molecule is NC(C(=O)N1CCSC1)C1CCN(S(=O)(=O)c2ccc(I)cc2)C1. The summed E-state index contributed by atoms with van der Waals surface area (Å²) in [4.78, 5) is 14.5. The molecule has 0 radical (unpaired) electrons. The van der Waals surface area contributed by atoms with E-state index in [4.69, 9.17) is 5.73 Å². The molecule has 2 heterocycles. The number of thioether (sulfide) groups is 1. The molecule has 9 heteroatoms. The zero-order valence-electron chi connectivity index (χ0n) is 13.1. The van der Waals surface area contributed by atoms with E-state index in [1.807, 2.05) is 0 Å². The van der Waals surface area contributed by atoms with Gasteiger partial charge in [-0.05, 0) is 59.2 Å². The van der Waals surface area contributed by atoms with Crippen LogP contribution in [-0.2, 0) is 14.8 Å². The van der Waals surface area contributed by atoms with Crippen molar-refractivity contribution in [2.24, 2.45) is 11.7 Å². The Morgan fingerprint density at radius 1 is 1.29 bits per heavy atom. The summed E-state index contributed by atoms with van der Waals surface area (Å²) in [6.07, 6.45) is 0.623. The summed E-state index contributed by atoms with van der Waals surface area (Å²) < 4.78 is 27.9. The molecule has 3 rings (SSSR count). The Balaban J connectivity index is 1.68. The lowest BCUT2D eigenvalue weighted by molar-refractivity contribution is -0.132. The van der Waals surface area contributed by atoms with E-state index in [1.165, 1.54) is 4.31 Å². The molecule has 1 aromatic carbocycles. The van der Waals surface area contributed by atoms with E-state index >= 15 is 0 Å². The van der Waals surface area contributed by atoms with E-state index in [0.29, 0.717) is 30.3 Å². The van der Waals surface area contributed by atoms with Gasteiger partial charge in [0, 0.05) is 29.0 Å². The van der Waals surface area contributed by atoms with Crippen molar-refractivity contribution in [2.45, 2.75) is 17.4 Å². The quantitative estimate of drug-likeness (QED) is 0.653. The van der Waals surface area contributed by atoms with E-state index in [0.717, 1.165) is 15.9 Å². The molecule has 2 aliphatic heterocycles. The molecule has 0 spiro atoms. The molecular formula is C15H20IN3O3S2. The Labute approximate surface area is 160 Å². The van der Waals surface area contributed by atoms with Crippen LogP contribution in [-0.4, -0.2) is 60.8 Å². The molecule has 0 aliphatic carbocycles. The molecule has 1 amide bonds. The maximum absolute atomic E-state index is 12.7. The van der Waals surface area contributed by atoms with Crippen molar-refractivity contribution in [3.05, 3.63) is 27.8 Å². The lowest BCUT2D eigenvalue weighted by Gasteiger charge is -2.24. The maximum Gasteiger partial charge on any atom is 0.243 e. The first-order valence-corrected chi connectivity index (χ1v) is 11.4. The average Bonchev–Trinajstić information content (AvgIpc) is 3.25. The van der Waals surface area contributed by atoms with Crippen LogP contribution in [0.4, 0.5) is 0 Å². The van der Waals surface area contributed by atoms with Gasteiger partial charge in [-0.15, -0.1) is 11.8 Å². The highest BCUT2D eigenvalue weighted by Gasteiger charge is 2.38. The molecule has 0 saturated carbocycles. The number of nitrogens with zero attached hydrogens (tertiary/aromatic N) is 2. The van der Waals surface area contributed by atoms with Crippen LogP contribution in [0.25, 0.3) is 0 Å². The normalized spacial score (nSPS) is 23.6. The molecule has 0 aromatic heterocycles. The summed E-state index contributed by atoms with van der Waals surface area (Å²) in [5.41, 5.74) is 6.14. The van der Waals surface area contributed by atoms with E-state index in [1.54, 1.807) is 40.9 Å². The Morgan fingerprint density at radius 2 is 2.00 bits per heavy atom. The topological polar surface area (TPSA) is 83.7 Å². The minimum atomic E-state index is -3.52. The predicted octanol–water partition coefficient (Wildman–Crippen LogP) is 1.16. The van der Waals surface area contributed by atoms with Crippen molar-refractivity contribution in [2.75, 3.05) is 31.3 Å². The van der Waals surface area contributed by atoms with Gasteiger partial charge in [0.05, 0.1) is 16.8 Å². The smallest absolute Gasteiger partial charge is 0.243 e. The maximum atomic E-state index is 12.7. The third-order valence-corrected chi connectivity index (χ3v) is 8.06. The van der Waals surface area contributed by atoms with Crippen LogP contribution >= 0.6 is 34.4 Å². The second kappa shape index (κ2) is 7.48. The fraction of sp³-hybridized carbons (Fsp3) is 0.533. The predicted molar refractivity (Wildman–Crippen MR) is 103 cm³/mol. The van der Waals surface area contributed by atoms with E-state index in [2.05, 4.69) is 22.6 Å². The second-order valence-electron chi connectivity index (χ2n) is 6.03. The largest absolute Gasteiger partial charge is 0.331 e. The molecule has 2 aliphatic rings. The number of hydrogen-bond donors (Lipinski definition) is 1. The van der Waals surface area contributed by atoms with Gasteiger partial charge in [0.1, 0.15) is 0 Å². The summed E-state index contributed by atoms with van der Waals surface area (Å²) in [5.74, 6) is 1.45. The van der Waals surface area contributed by atoms with Crippen LogP contribution in [0.1, 0.15) is 6.42 Å². The molecule has 2 atom stereocenters. The van der Waals surface area contributed by atoms with Gasteiger partial charge in [0.25, 0.3) is 0 Å². The number of carbonyl (C=O) groups is 1. The summed E-state index contributed by atoms with van der Waals surface area (Å²) in [6, 6.07) is 6.18. The summed E-state index contributed by atoms with van der Waals surface area (Å²) >= 11 is 3.86. The Hall–Kier alpha value is -0.360. The number of rotatable bonds is 4. The van der Waals surface area contributed by atoms with Crippen LogP contribution in [0.5, 0.6) is 0 Å². The fourth-order valence-electron chi connectivity index (χ4n) is 3.02. The number of benzene rings is 1. The third kappa shape index (κ3) is 3.74. The molecule has 6 nitrogen and oxygen atoms in total. The first kappa shape index (κ1) is 18.4. The standard InChI is InChI=1S/C15H20IN3O3S2/c16-12-1-3-13(4-2-12)24(21,22)19-6-5-11(9-19)14(17)15(20)18-7-8-23-10-18/h1-4,11,14H,5-10,17H2. The van der Waals surface area contributed by atoms with Gasteiger partial charge in [-0.25, -0.2) is 8.42 Å². The Kier molecular flexibility index (Phi) is 5.75. The molecular weight excluding hydrogens is 461 g/mol. The zero-order valence-corrected chi connectivity index (χ0v) is 16.9. The second-order valence-corrected chi connectivity index (χ2v) is 10.3. The summed E-state index contributed by atoms with van der Waals surface area (Å²) in [7, 11) is -3.52. The minimum Gasteiger partial charge on any atom is -0.331 e. The monoisotopic (exact) mass is 481 g/mol. The molecule has 1 aromatic rings. The van der Waals surface area contributed by atoms with Crippen molar-refractivity contribution >= 4 is 50.3 Å². The van der Waals surface area contributed by atoms with Gasteiger partial charge in [-0.2, -0.15) is 4.31 Å². The first-order valence-electron chi connectivity index (χ1n) is 7.77. The van der Waals surface area contributed by atoms with Crippen LogP contribution < -0.4 is 5.73 Å². The van der Waals surface area contributed by atoms with Crippen LogP contribution in [0.2, 0.25) is 0 Å². The van der Waals surface area contributed by atoms with Crippen LogP contribution in [0, 0.1) is 9.49 Å². The number of hydrogen-bond acceptors (Lipinski definition) is 5. The molecule has 0 bridgehead atoms. The number of halogens is 1. The van der Waals surface area contributed by atoms with Gasteiger partial charge in [-0.3, -0.25) is 4.79 Å². The minimum absolute atomic E-state index is 0.0569. The van der Waals surface area contributed by atoms with Gasteiger partial charge in [0.15, 0.2) is 0 Å². The summed E-state index contributed by atoms with van der Waals surface area (Å²) in [6.45, 7) is 1.45. The van der Waals surface area contributed by atoms with E-state index in [9.17, 15) is 13.2 Å². The molecule has 2 unspecified atom stereocenters. The number of nitrogens with two attached hydrogens (primary N) is 1. The highest BCUT2D eigenvalue weighted by atomic mass is 127. The van der Waals surface area contributed by atoms with E-state index in [-0.39, 0.29) is 11.8 Å². The summed E-state index contributed by atoms with van der Waals surface area (Å²) in [5, 5.41) is 0. The number of carbonyl (C=O) groups excluding carboxylic acids is 1. The zero-order chi connectivity index (χ0) is 17.3. The third-order valence-electron chi connectivity index (χ3n) is 4.50. The van der Waals surface area contributed by atoms with Gasteiger partial charge >= 0.3 is 0 Å². The van der Waals surface area contributed by atoms with Crippen molar-refractivity contribution in [1.29, 1.82) is 0 Å². The van der Waals surface area contributed by atoms with Crippen molar-refractivity contribution < 1.29 is 13.2 Å². The number of sulfonamides is 1. The lowest BCUT2D eigenvalue weighted by Crippen LogP contribution is -2.47. The van der Waals surface area contributed by atoms with Gasteiger partial charge in [0.2, 0.25) is 15.9 Å². The highest BCUT2D eigenvalue weighted by Crippen LogP contribution is 2.27. The van der Waals surface area contributed by atoms with Crippen LogP contribution in [0.3, 0.4) is 0 Å². The molecule has 24 heavy (non-hydrogen) atoms. The van der Waals surface area contributed by atoms with Gasteiger partial charge in [-0.1, -0.05) is 0 Å². The molecule has 2 fully saturated rings. The molecule has 2 N–H and O–H groups in total. The van der Waals surface area contributed by atoms with E-state index < -0.39 is 16.1 Å². The first-order chi connectivity index (χ1) is 11.4.